The molecule has 0 aliphatic carbocycles. The lowest BCUT2D eigenvalue weighted by Crippen LogP contribution is -2.54. The number of ether oxygens (including phenoxy) is 2. The van der Waals surface area contributed by atoms with Crippen LogP contribution in [0.1, 0.15) is 31.9 Å². The zero-order valence-corrected chi connectivity index (χ0v) is 24.8. The van der Waals surface area contributed by atoms with Crippen molar-refractivity contribution in [3.05, 3.63) is 88.9 Å². The number of halogens is 1. The number of fused-ring (bicyclic) bond motifs is 1. The highest BCUT2D eigenvalue weighted by molar-refractivity contribution is 7.92. The second kappa shape index (κ2) is 13.3. The molecule has 0 unspecified atom stereocenters. The monoisotopic (exact) mass is 599 g/mol. The highest BCUT2D eigenvalue weighted by Gasteiger charge is 2.34. The van der Waals surface area contributed by atoms with Crippen molar-refractivity contribution >= 4 is 39.1 Å². The van der Waals surface area contributed by atoms with Crippen molar-refractivity contribution in [1.29, 1.82) is 0 Å². The fourth-order valence-electron chi connectivity index (χ4n) is 4.50. The van der Waals surface area contributed by atoms with E-state index in [1.165, 1.54) is 17.9 Å². The number of rotatable bonds is 12. The number of amides is 2. The molecule has 0 saturated carbocycles. The van der Waals surface area contributed by atoms with Crippen LogP contribution in [0.15, 0.2) is 72.8 Å². The van der Waals surface area contributed by atoms with E-state index in [0.717, 1.165) is 9.87 Å². The standard InChI is InChI=1S/C30H34ClN3O6S/c1-4-41(37,38)34(24-14-15-27-28(17-24)40-20-39-27)19-29(35)33(18-23-12-8-9-13-25(23)31)26(30(36)32-21(2)3)16-22-10-6-5-7-11-22/h5-15,17,21,26H,4,16,18-20H2,1-3H3,(H,32,36)/t26-/m0/s1. The molecule has 3 aromatic carbocycles. The third-order valence-corrected chi connectivity index (χ3v) is 8.73. The third-order valence-electron chi connectivity index (χ3n) is 6.62. The van der Waals surface area contributed by atoms with Gasteiger partial charge in [-0.1, -0.05) is 60.1 Å². The lowest BCUT2D eigenvalue weighted by atomic mass is 10.0. The number of hydrogen-bond acceptors (Lipinski definition) is 6. The van der Waals surface area contributed by atoms with Crippen LogP contribution >= 0.6 is 11.6 Å². The van der Waals surface area contributed by atoms with Crippen LogP contribution in [0.25, 0.3) is 0 Å². The van der Waals surface area contributed by atoms with Gasteiger partial charge in [0, 0.05) is 30.1 Å². The van der Waals surface area contributed by atoms with Crippen molar-refractivity contribution in [3.8, 4) is 11.5 Å². The molecule has 0 radical (unpaired) electrons. The summed E-state index contributed by atoms with van der Waals surface area (Å²) < 4.78 is 38.5. The van der Waals surface area contributed by atoms with Gasteiger partial charge in [-0.25, -0.2) is 8.42 Å². The van der Waals surface area contributed by atoms with Crippen LogP contribution in [-0.2, 0) is 32.6 Å². The molecule has 1 aliphatic rings. The minimum atomic E-state index is -3.90. The van der Waals surface area contributed by atoms with Gasteiger partial charge in [0.05, 0.1) is 11.4 Å². The Labute approximate surface area is 246 Å². The van der Waals surface area contributed by atoms with E-state index in [4.69, 9.17) is 21.1 Å². The second-order valence-electron chi connectivity index (χ2n) is 9.93. The van der Waals surface area contributed by atoms with Crippen LogP contribution in [0.3, 0.4) is 0 Å². The van der Waals surface area contributed by atoms with Crippen molar-refractivity contribution < 1.29 is 27.5 Å². The maximum Gasteiger partial charge on any atom is 0.244 e. The van der Waals surface area contributed by atoms with Crippen molar-refractivity contribution in [1.82, 2.24) is 10.2 Å². The number of hydrogen-bond donors (Lipinski definition) is 1. The predicted molar refractivity (Wildman–Crippen MR) is 159 cm³/mol. The maximum absolute atomic E-state index is 14.2. The third kappa shape index (κ3) is 7.51. The molecule has 1 atom stereocenters. The zero-order chi connectivity index (χ0) is 29.6. The number of carbonyl (C=O) groups excluding carboxylic acids is 2. The molecule has 1 aliphatic heterocycles. The zero-order valence-electron chi connectivity index (χ0n) is 23.2. The predicted octanol–water partition coefficient (Wildman–Crippen LogP) is 4.39. The lowest BCUT2D eigenvalue weighted by molar-refractivity contribution is -0.140. The topological polar surface area (TPSA) is 105 Å². The van der Waals surface area contributed by atoms with E-state index in [2.05, 4.69) is 5.32 Å². The fraction of sp³-hybridized carbons (Fsp3) is 0.333. The van der Waals surface area contributed by atoms with Crippen LogP contribution in [0.4, 0.5) is 5.69 Å². The van der Waals surface area contributed by atoms with Gasteiger partial charge in [0.25, 0.3) is 0 Å². The number of anilines is 1. The summed E-state index contributed by atoms with van der Waals surface area (Å²) in [5, 5.41) is 3.36. The Kier molecular flexibility index (Phi) is 9.77. The van der Waals surface area contributed by atoms with Crippen molar-refractivity contribution in [3.63, 3.8) is 0 Å². The van der Waals surface area contributed by atoms with Gasteiger partial charge in [-0.05, 0) is 50.1 Å². The molecule has 0 spiro atoms. The van der Waals surface area contributed by atoms with Gasteiger partial charge in [0.15, 0.2) is 11.5 Å². The smallest absolute Gasteiger partial charge is 0.244 e. The van der Waals surface area contributed by atoms with Gasteiger partial charge in [0.1, 0.15) is 12.6 Å². The molecule has 3 aromatic rings. The Balaban J connectivity index is 1.75. The molecule has 4 rings (SSSR count). The Morgan fingerprint density at radius 1 is 0.976 bits per heavy atom. The molecule has 0 fully saturated rings. The Morgan fingerprint density at radius 2 is 1.66 bits per heavy atom. The first-order valence-corrected chi connectivity index (χ1v) is 15.3. The normalized spacial score (nSPS) is 13.1. The van der Waals surface area contributed by atoms with Crippen LogP contribution in [0.2, 0.25) is 5.02 Å². The molecule has 1 N–H and O–H groups in total. The SMILES string of the molecule is CCS(=O)(=O)N(CC(=O)N(Cc1ccccc1Cl)[C@@H](Cc1ccccc1)C(=O)NC(C)C)c1ccc2c(c1)OCO2. The first-order valence-electron chi connectivity index (χ1n) is 13.4. The summed E-state index contributed by atoms with van der Waals surface area (Å²) in [5.74, 6) is -0.266. The van der Waals surface area contributed by atoms with E-state index >= 15 is 0 Å². The largest absolute Gasteiger partial charge is 0.454 e. The highest BCUT2D eigenvalue weighted by atomic mass is 35.5. The summed E-state index contributed by atoms with van der Waals surface area (Å²) in [5.41, 5.74) is 1.74. The van der Waals surface area contributed by atoms with Gasteiger partial charge in [-0.15, -0.1) is 0 Å². The van der Waals surface area contributed by atoms with Crippen molar-refractivity contribution in [2.24, 2.45) is 0 Å². The first kappa shape index (κ1) is 30.2. The maximum atomic E-state index is 14.2. The fourth-order valence-corrected chi connectivity index (χ4v) is 5.75. The van der Waals surface area contributed by atoms with Crippen molar-refractivity contribution in [2.45, 2.75) is 45.8 Å². The average molecular weight is 600 g/mol. The summed E-state index contributed by atoms with van der Waals surface area (Å²) in [4.78, 5) is 29.2. The Bertz CT molecular complexity index is 1480. The molecule has 0 bridgehead atoms. The van der Waals surface area contributed by atoms with Crippen LogP contribution in [-0.4, -0.2) is 56.3 Å². The molecular weight excluding hydrogens is 566 g/mol. The van der Waals surface area contributed by atoms with Crippen LogP contribution < -0.4 is 19.1 Å². The number of sulfonamides is 1. The number of nitrogens with zero attached hydrogens (tertiary/aromatic N) is 2. The van der Waals surface area contributed by atoms with Gasteiger partial charge >= 0.3 is 0 Å². The minimum absolute atomic E-state index is 0.00265. The van der Waals surface area contributed by atoms with Gasteiger partial charge in [-0.3, -0.25) is 13.9 Å². The summed E-state index contributed by atoms with van der Waals surface area (Å²) in [6, 6.07) is 20.0. The van der Waals surface area contributed by atoms with E-state index in [0.29, 0.717) is 22.1 Å². The highest BCUT2D eigenvalue weighted by Crippen LogP contribution is 2.36. The number of nitrogens with one attached hydrogen (secondary N) is 1. The molecule has 0 saturated heterocycles. The summed E-state index contributed by atoms with van der Waals surface area (Å²) in [7, 11) is -3.90. The lowest BCUT2D eigenvalue weighted by Gasteiger charge is -2.34. The molecule has 11 heteroatoms. The summed E-state index contributed by atoms with van der Waals surface area (Å²) in [6.07, 6.45) is 0.222. The summed E-state index contributed by atoms with van der Waals surface area (Å²) in [6.45, 7) is 4.69. The first-order chi connectivity index (χ1) is 19.6. The van der Waals surface area contributed by atoms with E-state index in [9.17, 15) is 18.0 Å². The second-order valence-corrected chi connectivity index (χ2v) is 12.5. The van der Waals surface area contributed by atoms with E-state index < -0.39 is 28.5 Å². The molecule has 1 heterocycles. The average Bonchev–Trinajstić information content (AvgIpc) is 3.42. The number of carbonyl (C=O) groups is 2. The molecule has 9 nitrogen and oxygen atoms in total. The molecular formula is C30H34ClN3O6S. The molecule has 2 amide bonds. The molecule has 0 aromatic heterocycles. The quantitative estimate of drug-likeness (QED) is 0.331. The van der Waals surface area contributed by atoms with Crippen LogP contribution in [0, 0.1) is 0 Å². The van der Waals surface area contributed by atoms with Gasteiger partial charge in [-0.2, -0.15) is 0 Å². The molecule has 41 heavy (non-hydrogen) atoms. The van der Waals surface area contributed by atoms with Crippen LogP contribution in [0.5, 0.6) is 11.5 Å². The van der Waals surface area contributed by atoms with Crippen molar-refractivity contribution in [2.75, 3.05) is 23.4 Å². The van der Waals surface area contributed by atoms with Gasteiger partial charge in [0.2, 0.25) is 28.6 Å². The molecule has 218 valence electrons. The number of benzene rings is 3. The van der Waals surface area contributed by atoms with E-state index in [-0.39, 0.29) is 43.1 Å². The minimum Gasteiger partial charge on any atom is -0.454 e. The summed E-state index contributed by atoms with van der Waals surface area (Å²) >= 11 is 6.48. The Morgan fingerprint density at radius 3 is 2.34 bits per heavy atom. The Hall–Kier alpha value is -3.76. The van der Waals surface area contributed by atoms with E-state index in [1.807, 2.05) is 44.2 Å². The van der Waals surface area contributed by atoms with Gasteiger partial charge < -0.3 is 19.7 Å². The van der Waals surface area contributed by atoms with E-state index in [1.54, 1.807) is 36.4 Å².